The lowest BCUT2D eigenvalue weighted by Gasteiger charge is -2.28. The highest BCUT2D eigenvalue weighted by atomic mass is 79.9. The van der Waals surface area contributed by atoms with Gasteiger partial charge in [-0.1, -0.05) is 15.9 Å². The third kappa shape index (κ3) is 3.37. The largest absolute Gasteiger partial charge is 0.331 e. The molecule has 6 nitrogen and oxygen atoms in total. The Morgan fingerprint density at radius 1 is 1.39 bits per heavy atom. The molecule has 0 radical (unpaired) electrons. The Balaban J connectivity index is 1.91. The maximum absolute atomic E-state index is 12.5. The number of anilines is 1. The van der Waals surface area contributed by atoms with Crippen molar-refractivity contribution in [3.63, 3.8) is 0 Å². The first-order valence-electron chi connectivity index (χ1n) is 6.91. The van der Waals surface area contributed by atoms with Crippen molar-refractivity contribution in [2.24, 2.45) is 4.40 Å². The van der Waals surface area contributed by atoms with Gasteiger partial charge in [-0.3, -0.25) is 4.79 Å². The fourth-order valence-corrected chi connectivity index (χ4v) is 3.81. The lowest BCUT2D eigenvalue weighted by Crippen LogP contribution is -2.40. The second kappa shape index (κ2) is 5.93. The first-order valence-corrected chi connectivity index (χ1v) is 9.31. The highest BCUT2D eigenvalue weighted by Crippen LogP contribution is 2.23. The summed E-state index contributed by atoms with van der Waals surface area (Å²) in [5.74, 6) is -0.270. The summed E-state index contributed by atoms with van der Waals surface area (Å²) in [5.41, 5.74) is 1.80. The van der Waals surface area contributed by atoms with Gasteiger partial charge in [0.2, 0.25) is 0 Å². The third-order valence-corrected chi connectivity index (χ3v) is 5.18. The Labute approximate surface area is 142 Å². The van der Waals surface area contributed by atoms with Crippen molar-refractivity contribution in [2.75, 3.05) is 17.6 Å². The fraction of sp³-hybridized carbons (Fsp3) is 0.200. The fourth-order valence-electron chi connectivity index (χ4n) is 2.35. The molecule has 0 fully saturated rings. The monoisotopic (exact) mass is 395 g/mol. The molecule has 2 heterocycles. The quantitative estimate of drug-likeness (QED) is 0.832. The van der Waals surface area contributed by atoms with Gasteiger partial charge in [0.15, 0.2) is 5.84 Å². The molecule has 3 rings (SSSR count). The molecule has 0 atom stereocenters. The zero-order valence-corrected chi connectivity index (χ0v) is 14.7. The van der Waals surface area contributed by atoms with Crippen molar-refractivity contribution < 1.29 is 13.2 Å². The smallest absolute Gasteiger partial charge is 0.259 e. The average molecular weight is 396 g/mol. The van der Waals surface area contributed by atoms with E-state index in [1.165, 1.54) is 0 Å². The molecule has 0 bridgehead atoms. The number of hydrogen-bond acceptors (Lipinski definition) is 4. The van der Waals surface area contributed by atoms with Crippen molar-refractivity contribution in [1.82, 2.24) is 4.90 Å². The van der Waals surface area contributed by atoms with Gasteiger partial charge < -0.3 is 10.2 Å². The number of hydrogen-bond donors (Lipinski definition) is 1. The van der Waals surface area contributed by atoms with Crippen LogP contribution in [0.5, 0.6) is 0 Å². The lowest BCUT2D eigenvalue weighted by atomic mass is 10.1. The average Bonchev–Trinajstić information content (AvgIpc) is 2.48. The summed E-state index contributed by atoms with van der Waals surface area (Å²) >= 11 is 3.37. The van der Waals surface area contributed by atoms with Crippen molar-refractivity contribution >= 4 is 43.4 Å². The highest BCUT2D eigenvalue weighted by molar-refractivity contribution is 9.10. The van der Waals surface area contributed by atoms with Crippen LogP contribution in [0.1, 0.15) is 5.56 Å². The molecule has 120 valence electrons. The van der Waals surface area contributed by atoms with Crippen LogP contribution in [-0.4, -0.2) is 37.4 Å². The van der Waals surface area contributed by atoms with Gasteiger partial charge in [-0.25, -0.2) is 8.42 Å². The number of halogens is 1. The molecular weight excluding hydrogens is 382 g/mol. The van der Waals surface area contributed by atoms with Gasteiger partial charge in [0, 0.05) is 22.9 Å². The van der Waals surface area contributed by atoms with Gasteiger partial charge in [-0.15, -0.1) is 4.40 Å². The summed E-state index contributed by atoms with van der Waals surface area (Å²) in [4.78, 5) is 14.2. The second-order valence-electron chi connectivity index (χ2n) is 5.23. The molecule has 2 aliphatic heterocycles. The predicted octanol–water partition coefficient (Wildman–Crippen LogP) is 2.19. The Hall–Kier alpha value is -1.93. The number of nitrogens with one attached hydrogen (secondary N) is 1. The number of carbonyl (C=O) groups excluding carboxylic acids is 1. The van der Waals surface area contributed by atoms with E-state index < -0.39 is 10.0 Å². The number of carbonyl (C=O) groups is 1. The third-order valence-electron chi connectivity index (χ3n) is 3.54. The number of amides is 1. The molecule has 0 saturated carbocycles. The molecule has 0 spiro atoms. The van der Waals surface area contributed by atoms with E-state index in [0.29, 0.717) is 12.2 Å². The van der Waals surface area contributed by atoms with Crippen LogP contribution < -0.4 is 5.32 Å². The Morgan fingerprint density at radius 3 is 2.91 bits per heavy atom. The molecular formula is C15H14BrN3O3S. The Bertz CT molecular complexity index is 872. The highest BCUT2D eigenvalue weighted by Gasteiger charge is 2.30. The van der Waals surface area contributed by atoms with Gasteiger partial charge in [0.05, 0.1) is 11.3 Å². The molecule has 23 heavy (non-hydrogen) atoms. The number of aryl methyl sites for hydroxylation is 1. The summed E-state index contributed by atoms with van der Waals surface area (Å²) in [6.07, 6.45) is 5.00. The van der Waals surface area contributed by atoms with Crippen LogP contribution >= 0.6 is 15.9 Å². The first kappa shape index (κ1) is 15.9. The van der Waals surface area contributed by atoms with E-state index in [1.807, 2.05) is 19.1 Å². The number of allylic oxidation sites excluding steroid dienone is 2. The van der Waals surface area contributed by atoms with Crippen LogP contribution in [0.15, 0.2) is 51.0 Å². The van der Waals surface area contributed by atoms with Crippen LogP contribution in [0.3, 0.4) is 0 Å². The van der Waals surface area contributed by atoms with E-state index in [9.17, 15) is 13.2 Å². The van der Waals surface area contributed by atoms with Crippen molar-refractivity contribution in [2.45, 2.75) is 6.92 Å². The summed E-state index contributed by atoms with van der Waals surface area (Å²) in [7, 11) is -3.52. The molecule has 2 aliphatic rings. The second-order valence-corrected chi connectivity index (χ2v) is 7.90. The molecule has 1 aromatic carbocycles. The van der Waals surface area contributed by atoms with Crippen molar-refractivity contribution in [1.29, 1.82) is 0 Å². The van der Waals surface area contributed by atoms with Gasteiger partial charge in [-0.2, -0.15) is 0 Å². The van der Waals surface area contributed by atoms with Gasteiger partial charge >= 0.3 is 0 Å². The van der Waals surface area contributed by atoms with Crippen molar-refractivity contribution in [3.05, 3.63) is 52.2 Å². The summed E-state index contributed by atoms with van der Waals surface area (Å²) in [5, 5.41) is 2.80. The number of benzene rings is 1. The van der Waals surface area contributed by atoms with Crippen LogP contribution in [-0.2, 0) is 14.8 Å². The van der Waals surface area contributed by atoms with E-state index in [1.54, 1.807) is 29.3 Å². The molecule has 0 unspecified atom stereocenters. The van der Waals surface area contributed by atoms with Crippen molar-refractivity contribution in [3.8, 4) is 0 Å². The topological polar surface area (TPSA) is 78.8 Å². The Morgan fingerprint density at radius 2 is 2.17 bits per heavy atom. The summed E-state index contributed by atoms with van der Waals surface area (Å²) in [6, 6.07) is 5.50. The van der Waals surface area contributed by atoms with E-state index in [-0.39, 0.29) is 23.1 Å². The zero-order chi connectivity index (χ0) is 16.6. The minimum Gasteiger partial charge on any atom is -0.331 e. The lowest BCUT2D eigenvalue weighted by molar-refractivity contribution is -0.112. The number of nitrogens with zero attached hydrogens (tertiary/aromatic N) is 2. The molecule has 8 heteroatoms. The zero-order valence-electron chi connectivity index (χ0n) is 12.3. The molecule has 0 aliphatic carbocycles. The minimum absolute atomic E-state index is 0.0540. The minimum atomic E-state index is -3.52. The molecule has 0 aromatic heterocycles. The van der Waals surface area contributed by atoms with E-state index in [0.717, 1.165) is 10.0 Å². The van der Waals surface area contributed by atoms with Crippen LogP contribution in [0, 0.1) is 6.92 Å². The SMILES string of the molecule is Cc1cc(Br)ccc1NC(=O)C1=CC=CN2CCS(=O)(=O)N=C12. The summed E-state index contributed by atoms with van der Waals surface area (Å²) < 4.78 is 28.1. The maximum Gasteiger partial charge on any atom is 0.259 e. The van der Waals surface area contributed by atoms with Gasteiger partial charge in [0.25, 0.3) is 15.9 Å². The van der Waals surface area contributed by atoms with E-state index in [2.05, 4.69) is 25.6 Å². The van der Waals surface area contributed by atoms with Crippen LogP contribution in [0.2, 0.25) is 0 Å². The van der Waals surface area contributed by atoms with Crippen LogP contribution in [0.4, 0.5) is 5.69 Å². The number of rotatable bonds is 2. The molecule has 1 N–H and O–H groups in total. The van der Waals surface area contributed by atoms with Gasteiger partial charge in [-0.05, 0) is 42.8 Å². The first-order chi connectivity index (χ1) is 10.9. The summed E-state index contributed by atoms with van der Waals surface area (Å²) in [6.45, 7) is 2.17. The maximum atomic E-state index is 12.5. The van der Waals surface area contributed by atoms with Gasteiger partial charge in [0.1, 0.15) is 0 Å². The Kier molecular flexibility index (Phi) is 4.11. The number of sulfonamides is 1. The van der Waals surface area contributed by atoms with Crippen LogP contribution in [0.25, 0.3) is 0 Å². The number of fused-ring (bicyclic) bond motifs is 1. The predicted molar refractivity (Wildman–Crippen MR) is 92.7 cm³/mol. The number of amidine groups is 1. The van der Waals surface area contributed by atoms with E-state index >= 15 is 0 Å². The normalized spacial score (nSPS) is 18.8. The molecule has 1 amide bonds. The standard InChI is InChI=1S/C15H14BrN3O3S/c1-10-9-11(16)4-5-13(10)17-15(20)12-3-2-6-19-7-8-23(21,22)18-14(12)19/h2-6,9H,7-8H2,1H3,(H,17,20). The van der Waals surface area contributed by atoms with E-state index in [4.69, 9.17) is 0 Å². The molecule has 1 aromatic rings. The molecule has 0 saturated heterocycles.